The highest BCUT2D eigenvalue weighted by atomic mass is 16.5. The van der Waals surface area contributed by atoms with E-state index in [9.17, 15) is 4.79 Å². The fourth-order valence-electron chi connectivity index (χ4n) is 3.28. The van der Waals surface area contributed by atoms with E-state index in [1.54, 1.807) is 0 Å². The van der Waals surface area contributed by atoms with Crippen LogP contribution in [0.5, 0.6) is 5.75 Å². The highest BCUT2D eigenvalue weighted by Gasteiger charge is 2.35. The first kappa shape index (κ1) is 17.5. The van der Waals surface area contributed by atoms with Gasteiger partial charge in [0.1, 0.15) is 11.4 Å². The molecule has 0 aliphatic carbocycles. The lowest BCUT2D eigenvalue weighted by Crippen LogP contribution is -2.35. The summed E-state index contributed by atoms with van der Waals surface area (Å²) in [6.45, 7) is 5.07. The first-order valence-electron chi connectivity index (χ1n) is 8.67. The third-order valence-electron chi connectivity index (χ3n) is 4.63. The zero-order chi connectivity index (χ0) is 17.7. The molecule has 4 heteroatoms. The Balaban J connectivity index is 1.56. The van der Waals surface area contributed by atoms with Crippen molar-refractivity contribution in [3.63, 3.8) is 0 Å². The molecule has 0 N–H and O–H groups in total. The standard InChI is InChI=1S/C21H25NO3/c1-21(12-13-22(16-21)15-18-6-4-3-5-7-18)25-19-10-8-17(9-11-19)14-20(23)24-2/h3-11H,12-16H2,1-2H3. The number of rotatable bonds is 6. The molecule has 1 fully saturated rings. The average Bonchev–Trinajstić information content (AvgIpc) is 2.98. The van der Waals surface area contributed by atoms with Gasteiger partial charge in [0.25, 0.3) is 0 Å². The normalized spacial score (nSPS) is 20.4. The third kappa shape index (κ3) is 4.83. The number of likely N-dealkylation sites (tertiary alicyclic amines) is 1. The van der Waals surface area contributed by atoms with E-state index in [1.807, 2.05) is 30.3 Å². The lowest BCUT2D eigenvalue weighted by Gasteiger charge is -2.26. The third-order valence-corrected chi connectivity index (χ3v) is 4.63. The highest BCUT2D eigenvalue weighted by molar-refractivity contribution is 5.72. The molecule has 1 heterocycles. The molecule has 1 atom stereocenters. The molecule has 4 nitrogen and oxygen atoms in total. The zero-order valence-corrected chi connectivity index (χ0v) is 14.9. The van der Waals surface area contributed by atoms with Crippen molar-refractivity contribution in [2.75, 3.05) is 20.2 Å². The quantitative estimate of drug-likeness (QED) is 0.756. The van der Waals surface area contributed by atoms with Crippen molar-refractivity contribution in [2.45, 2.75) is 31.9 Å². The maximum Gasteiger partial charge on any atom is 0.309 e. The molecule has 2 aromatic carbocycles. The van der Waals surface area contributed by atoms with Crippen LogP contribution in [0.4, 0.5) is 0 Å². The summed E-state index contributed by atoms with van der Waals surface area (Å²) in [5, 5.41) is 0. The van der Waals surface area contributed by atoms with Crippen LogP contribution in [0.3, 0.4) is 0 Å². The first-order chi connectivity index (χ1) is 12.1. The lowest BCUT2D eigenvalue weighted by atomic mass is 10.1. The monoisotopic (exact) mass is 339 g/mol. The maximum absolute atomic E-state index is 11.3. The van der Waals surface area contributed by atoms with Gasteiger partial charge in [-0.05, 0) is 30.2 Å². The first-order valence-corrected chi connectivity index (χ1v) is 8.67. The number of benzene rings is 2. The Kier molecular flexibility index (Phi) is 5.39. The Morgan fingerprint density at radius 2 is 1.80 bits per heavy atom. The number of esters is 1. The van der Waals surface area contributed by atoms with Crippen LogP contribution in [0.25, 0.3) is 0 Å². The van der Waals surface area contributed by atoms with E-state index in [2.05, 4.69) is 36.1 Å². The van der Waals surface area contributed by atoms with Crippen LogP contribution in [0.1, 0.15) is 24.5 Å². The van der Waals surface area contributed by atoms with Crippen molar-refractivity contribution >= 4 is 5.97 Å². The molecule has 3 rings (SSSR count). The number of hydrogen-bond acceptors (Lipinski definition) is 4. The van der Waals surface area contributed by atoms with Gasteiger partial charge < -0.3 is 9.47 Å². The van der Waals surface area contributed by atoms with Gasteiger partial charge in [-0.25, -0.2) is 0 Å². The fourth-order valence-corrected chi connectivity index (χ4v) is 3.28. The van der Waals surface area contributed by atoms with Gasteiger partial charge in [0.05, 0.1) is 13.5 Å². The Morgan fingerprint density at radius 3 is 2.48 bits per heavy atom. The van der Waals surface area contributed by atoms with Gasteiger partial charge >= 0.3 is 5.97 Å². The van der Waals surface area contributed by atoms with Crippen LogP contribution in [0.2, 0.25) is 0 Å². The maximum atomic E-state index is 11.3. The summed E-state index contributed by atoms with van der Waals surface area (Å²) < 4.78 is 11.0. The van der Waals surface area contributed by atoms with E-state index in [4.69, 9.17) is 9.47 Å². The van der Waals surface area contributed by atoms with Crippen molar-refractivity contribution in [1.29, 1.82) is 0 Å². The Bertz CT molecular complexity index is 699. The topological polar surface area (TPSA) is 38.8 Å². The highest BCUT2D eigenvalue weighted by Crippen LogP contribution is 2.28. The van der Waals surface area contributed by atoms with Crippen LogP contribution < -0.4 is 4.74 Å². The average molecular weight is 339 g/mol. The van der Waals surface area contributed by atoms with Crippen LogP contribution >= 0.6 is 0 Å². The number of ether oxygens (including phenoxy) is 2. The summed E-state index contributed by atoms with van der Waals surface area (Å²) >= 11 is 0. The molecular formula is C21H25NO3. The van der Waals surface area contributed by atoms with E-state index < -0.39 is 0 Å². The minimum atomic E-state index is -0.229. The molecule has 1 unspecified atom stereocenters. The van der Waals surface area contributed by atoms with Crippen molar-refractivity contribution < 1.29 is 14.3 Å². The smallest absolute Gasteiger partial charge is 0.309 e. The lowest BCUT2D eigenvalue weighted by molar-refractivity contribution is -0.139. The Morgan fingerprint density at radius 1 is 1.08 bits per heavy atom. The van der Waals surface area contributed by atoms with Crippen LogP contribution in [0.15, 0.2) is 54.6 Å². The van der Waals surface area contributed by atoms with E-state index in [0.717, 1.165) is 37.4 Å². The summed E-state index contributed by atoms with van der Waals surface area (Å²) in [4.78, 5) is 13.8. The van der Waals surface area contributed by atoms with Gasteiger partial charge in [-0.2, -0.15) is 0 Å². The van der Waals surface area contributed by atoms with E-state index in [1.165, 1.54) is 12.7 Å². The number of carbonyl (C=O) groups is 1. The Labute approximate surface area is 149 Å². The van der Waals surface area contributed by atoms with E-state index in [-0.39, 0.29) is 11.6 Å². The second-order valence-corrected chi connectivity index (χ2v) is 6.90. The Hall–Kier alpha value is -2.33. The van der Waals surface area contributed by atoms with Gasteiger partial charge in [-0.15, -0.1) is 0 Å². The molecule has 0 aromatic heterocycles. The van der Waals surface area contributed by atoms with Crippen LogP contribution in [-0.4, -0.2) is 36.7 Å². The fraction of sp³-hybridized carbons (Fsp3) is 0.381. The molecule has 2 aromatic rings. The number of methoxy groups -OCH3 is 1. The minimum Gasteiger partial charge on any atom is -0.486 e. The molecule has 0 saturated carbocycles. The minimum absolute atomic E-state index is 0.182. The number of nitrogens with zero attached hydrogens (tertiary/aromatic N) is 1. The van der Waals surface area contributed by atoms with Crippen molar-refractivity contribution in [1.82, 2.24) is 4.90 Å². The predicted octanol–water partition coefficient (Wildman–Crippen LogP) is 3.45. The van der Waals surface area contributed by atoms with Gasteiger partial charge in [0.15, 0.2) is 0 Å². The van der Waals surface area contributed by atoms with Gasteiger partial charge in [-0.1, -0.05) is 42.5 Å². The van der Waals surface area contributed by atoms with Crippen molar-refractivity contribution in [3.05, 3.63) is 65.7 Å². The summed E-state index contributed by atoms with van der Waals surface area (Å²) in [6.07, 6.45) is 1.29. The van der Waals surface area contributed by atoms with Crippen LogP contribution in [0, 0.1) is 0 Å². The number of hydrogen-bond donors (Lipinski definition) is 0. The van der Waals surface area contributed by atoms with Crippen LogP contribution in [-0.2, 0) is 22.5 Å². The van der Waals surface area contributed by atoms with Gasteiger partial charge in [0, 0.05) is 26.1 Å². The summed E-state index contributed by atoms with van der Waals surface area (Å²) in [7, 11) is 1.40. The van der Waals surface area contributed by atoms with Gasteiger partial charge in [0.2, 0.25) is 0 Å². The second kappa shape index (κ2) is 7.70. The van der Waals surface area contributed by atoms with Crippen molar-refractivity contribution in [2.24, 2.45) is 0 Å². The number of carbonyl (C=O) groups excluding carboxylic acids is 1. The summed E-state index contributed by atoms with van der Waals surface area (Å²) in [5.41, 5.74) is 2.08. The molecule has 132 valence electrons. The molecule has 0 radical (unpaired) electrons. The molecule has 1 aliphatic rings. The molecular weight excluding hydrogens is 314 g/mol. The molecule has 0 amide bonds. The van der Waals surface area contributed by atoms with E-state index >= 15 is 0 Å². The van der Waals surface area contributed by atoms with Gasteiger partial charge in [-0.3, -0.25) is 9.69 Å². The molecule has 1 saturated heterocycles. The zero-order valence-electron chi connectivity index (χ0n) is 14.9. The summed E-state index contributed by atoms with van der Waals surface area (Å²) in [5.74, 6) is 0.616. The summed E-state index contributed by atoms with van der Waals surface area (Å²) in [6, 6.07) is 18.2. The molecule has 25 heavy (non-hydrogen) atoms. The molecule has 0 bridgehead atoms. The SMILES string of the molecule is COC(=O)Cc1ccc(OC2(C)CCN(Cc3ccccc3)C2)cc1. The van der Waals surface area contributed by atoms with Crippen molar-refractivity contribution in [3.8, 4) is 5.75 Å². The molecule has 0 spiro atoms. The second-order valence-electron chi connectivity index (χ2n) is 6.90. The molecule has 1 aliphatic heterocycles. The van der Waals surface area contributed by atoms with E-state index in [0.29, 0.717) is 6.42 Å². The largest absolute Gasteiger partial charge is 0.486 e. The predicted molar refractivity (Wildman–Crippen MR) is 97.5 cm³/mol.